The largest absolute Gasteiger partial charge is 0.493 e. The van der Waals surface area contributed by atoms with Crippen molar-refractivity contribution >= 4 is 62.3 Å². The van der Waals surface area contributed by atoms with Gasteiger partial charge in [0, 0.05) is 45.2 Å². The maximum atomic E-state index is 14.7. The fraction of sp³-hybridized carbons (Fsp3) is 0.278. The highest BCUT2D eigenvalue weighted by Gasteiger charge is 2.36. The summed E-state index contributed by atoms with van der Waals surface area (Å²) in [5.74, 6) is -0.608. The number of nitrogens with zero attached hydrogens (tertiary/aromatic N) is 2. The normalized spacial score (nSPS) is 12.2. The van der Waals surface area contributed by atoms with Gasteiger partial charge in [-0.15, -0.1) is 0 Å². The molecule has 2 amide bonds. The van der Waals surface area contributed by atoms with E-state index in [0.29, 0.717) is 16.3 Å². The first kappa shape index (κ1) is 37.9. The Hall–Kier alpha value is -3.96. The van der Waals surface area contributed by atoms with E-state index in [1.54, 1.807) is 18.2 Å². The van der Waals surface area contributed by atoms with Crippen molar-refractivity contribution in [3.63, 3.8) is 0 Å². The third-order valence-electron chi connectivity index (χ3n) is 7.50. The van der Waals surface area contributed by atoms with Crippen LogP contribution < -0.4 is 19.1 Å². The smallest absolute Gasteiger partial charge is 0.264 e. The molecule has 0 aromatic heterocycles. The number of halogens is 3. The first-order valence-corrected chi connectivity index (χ1v) is 17.8. The lowest BCUT2D eigenvalue weighted by Crippen LogP contribution is -2.56. The van der Waals surface area contributed by atoms with Gasteiger partial charge in [-0.05, 0) is 74.9 Å². The van der Waals surface area contributed by atoms with Crippen molar-refractivity contribution in [3.8, 4) is 11.5 Å². The summed E-state index contributed by atoms with van der Waals surface area (Å²) < 4.78 is 40.4. The van der Waals surface area contributed by atoms with E-state index in [4.69, 9.17) is 44.3 Å². The third-order valence-corrected chi connectivity index (χ3v) is 10.2. The van der Waals surface area contributed by atoms with E-state index in [9.17, 15) is 18.0 Å². The van der Waals surface area contributed by atoms with Gasteiger partial charge in [-0.1, -0.05) is 71.2 Å². The van der Waals surface area contributed by atoms with E-state index in [2.05, 4.69) is 5.32 Å². The van der Waals surface area contributed by atoms with E-state index in [0.717, 1.165) is 9.87 Å². The number of carbonyl (C=O) groups is 2. The van der Waals surface area contributed by atoms with Crippen molar-refractivity contribution in [1.82, 2.24) is 10.2 Å². The molecule has 0 aliphatic carbocycles. The molecule has 0 aliphatic heterocycles. The van der Waals surface area contributed by atoms with Crippen LogP contribution in [0.2, 0.25) is 15.1 Å². The van der Waals surface area contributed by atoms with Gasteiger partial charge >= 0.3 is 0 Å². The second-order valence-electron chi connectivity index (χ2n) is 12.2. The Morgan fingerprint density at radius 2 is 1.43 bits per heavy atom. The summed E-state index contributed by atoms with van der Waals surface area (Å²) in [4.78, 5) is 30.0. The first-order valence-electron chi connectivity index (χ1n) is 15.2. The maximum Gasteiger partial charge on any atom is 0.264 e. The van der Waals surface area contributed by atoms with Gasteiger partial charge in [-0.2, -0.15) is 0 Å². The second kappa shape index (κ2) is 16.2. The summed E-state index contributed by atoms with van der Waals surface area (Å²) in [7, 11) is -1.59. The van der Waals surface area contributed by atoms with Crippen LogP contribution in [0.4, 0.5) is 5.69 Å². The molecule has 49 heavy (non-hydrogen) atoms. The van der Waals surface area contributed by atoms with Gasteiger partial charge in [0.05, 0.1) is 24.8 Å². The summed E-state index contributed by atoms with van der Waals surface area (Å²) in [5.41, 5.74) is 0.713. The van der Waals surface area contributed by atoms with Gasteiger partial charge in [0.15, 0.2) is 11.5 Å². The molecule has 260 valence electrons. The Kier molecular flexibility index (Phi) is 12.5. The highest BCUT2D eigenvalue weighted by atomic mass is 35.5. The van der Waals surface area contributed by atoms with Gasteiger partial charge in [0.25, 0.3) is 10.0 Å². The molecule has 4 rings (SSSR count). The zero-order valence-corrected chi connectivity index (χ0v) is 30.8. The molecule has 4 aromatic rings. The van der Waals surface area contributed by atoms with Gasteiger partial charge < -0.3 is 19.7 Å². The molecule has 0 saturated heterocycles. The predicted octanol–water partition coefficient (Wildman–Crippen LogP) is 7.41. The molecular formula is C36H38Cl3N3O6S. The van der Waals surface area contributed by atoms with Gasteiger partial charge in [-0.25, -0.2) is 8.42 Å². The average Bonchev–Trinajstić information content (AvgIpc) is 3.06. The molecule has 0 heterocycles. The SMILES string of the molecule is COc1ccc(S(=O)(=O)N(CC(=O)N(Cc2c(Cl)cccc2Cl)[C@H](Cc2ccccc2)C(=O)NC(C)(C)C)c2ccc(Cl)cc2)cc1OC. The lowest BCUT2D eigenvalue weighted by Gasteiger charge is -2.35. The number of hydrogen-bond donors (Lipinski definition) is 1. The molecule has 1 atom stereocenters. The van der Waals surface area contributed by atoms with E-state index in [-0.39, 0.29) is 39.3 Å². The highest BCUT2D eigenvalue weighted by Crippen LogP contribution is 2.33. The number of benzene rings is 4. The van der Waals surface area contributed by atoms with Crippen molar-refractivity contribution in [2.45, 2.75) is 50.2 Å². The minimum absolute atomic E-state index is 0.125. The number of anilines is 1. The number of methoxy groups -OCH3 is 2. The van der Waals surface area contributed by atoms with Crippen LogP contribution in [0.1, 0.15) is 31.9 Å². The van der Waals surface area contributed by atoms with Gasteiger partial charge in [-0.3, -0.25) is 13.9 Å². The molecule has 4 aromatic carbocycles. The number of sulfonamides is 1. The van der Waals surface area contributed by atoms with E-state index >= 15 is 0 Å². The molecule has 1 N–H and O–H groups in total. The number of hydrogen-bond acceptors (Lipinski definition) is 6. The zero-order chi connectivity index (χ0) is 35.9. The van der Waals surface area contributed by atoms with Gasteiger partial charge in [0.1, 0.15) is 12.6 Å². The second-order valence-corrected chi connectivity index (χ2v) is 15.3. The number of ether oxygens (including phenoxy) is 2. The minimum Gasteiger partial charge on any atom is -0.493 e. The predicted molar refractivity (Wildman–Crippen MR) is 194 cm³/mol. The molecule has 9 nitrogen and oxygen atoms in total. The van der Waals surface area contributed by atoms with Crippen LogP contribution in [-0.2, 0) is 32.6 Å². The molecule has 0 spiro atoms. The van der Waals surface area contributed by atoms with Crippen LogP contribution in [0.25, 0.3) is 0 Å². The number of rotatable bonds is 13. The Balaban J connectivity index is 1.87. The van der Waals surface area contributed by atoms with Crippen LogP contribution in [0.5, 0.6) is 11.5 Å². The summed E-state index contributed by atoms with van der Waals surface area (Å²) in [5, 5.41) is 3.93. The molecule has 0 bridgehead atoms. The van der Waals surface area contributed by atoms with Crippen molar-refractivity contribution in [1.29, 1.82) is 0 Å². The van der Waals surface area contributed by atoms with E-state index < -0.39 is 40.0 Å². The maximum absolute atomic E-state index is 14.7. The fourth-order valence-corrected chi connectivity index (χ4v) is 7.17. The lowest BCUT2D eigenvalue weighted by molar-refractivity contribution is -0.140. The van der Waals surface area contributed by atoms with Crippen LogP contribution in [-0.4, -0.2) is 57.5 Å². The van der Waals surface area contributed by atoms with Crippen molar-refractivity contribution in [2.75, 3.05) is 25.1 Å². The van der Waals surface area contributed by atoms with Crippen molar-refractivity contribution < 1.29 is 27.5 Å². The van der Waals surface area contributed by atoms with Crippen molar-refractivity contribution in [2.24, 2.45) is 0 Å². The summed E-state index contributed by atoms with van der Waals surface area (Å²) in [6.45, 7) is 4.63. The minimum atomic E-state index is -4.42. The van der Waals surface area contributed by atoms with Crippen LogP contribution >= 0.6 is 34.8 Å². The zero-order valence-electron chi connectivity index (χ0n) is 27.7. The summed E-state index contributed by atoms with van der Waals surface area (Å²) in [6, 6.07) is 23.3. The standard InChI is InChI=1S/C36H38Cl3N3O6S/c1-36(2,3)40-35(44)31(20-24-10-7-6-8-11-24)41(22-28-29(38)12-9-13-30(28)39)34(43)23-42(26-16-14-25(37)15-17-26)49(45,46)27-18-19-32(47-4)33(21-27)48-5/h6-19,21,31H,20,22-23H2,1-5H3,(H,40,44)/t31-/m1/s1. The fourth-order valence-electron chi connectivity index (χ4n) is 5.10. The molecule has 0 radical (unpaired) electrons. The molecule has 0 fully saturated rings. The van der Waals surface area contributed by atoms with Crippen molar-refractivity contribution in [3.05, 3.63) is 117 Å². The monoisotopic (exact) mass is 745 g/mol. The molecule has 13 heteroatoms. The van der Waals surface area contributed by atoms with Gasteiger partial charge in [0.2, 0.25) is 11.8 Å². The highest BCUT2D eigenvalue weighted by molar-refractivity contribution is 7.92. The number of nitrogens with one attached hydrogen (secondary N) is 1. The lowest BCUT2D eigenvalue weighted by atomic mass is 10.0. The third kappa shape index (κ3) is 9.60. The van der Waals surface area contributed by atoms with Crippen LogP contribution in [0.15, 0.2) is 95.9 Å². The number of carbonyl (C=O) groups excluding carboxylic acids is 2. The first-order chi connectivity index (χ1) is 23.1. The Morgan fingerprint density at radius 1 is 0.816 bits per heavy atom. The Morgan fingerprint density at radius 3 is 2.00 bits per heavy atom. The van der Waals surface area contributed by atoms with E-state index in [1.807, 2.05) is 51.1 Å². The molecule has 0 saturated carbocycles. The topological polar surface area (TPSA) is 105 Å². The Labute approximate surface area is 302 Å². The molecular weight excluding hydrogens is 709 g/mol. The molecule has 0 unspecified atom stereocenters. The van der Waals surface area contributed by atoms with Crippen LogP contribution in [0.3, 0.4) is 0 Å². The quantitative estimate of drug-likeness (QED) is 0.153. The summed E-state index contributed by atoms with van der Waals surface area (Å²) in [6.07, 6.45) is 0.125. The Bertz CT molecular complexity index is 1860. The van der Waals surface area contributed by atoms with Crippen LogP contribution in [0, 0.1) is 0 Å². The average molecular weight is 747 g/mol. The number of amides is 2. The molecule has 0 aliphatic rings. The summed E-state index contributed by atoms with van der Waals surface area (Å²) >= 11 is 19.3. The van der Waals surface area contributed by atoms with E-state index in [1.165, 1.54) is 61.6 Å².